The third kappa shape index (κ3) is 4.90. The number of hydrogen-bond acceptors (Lipinski definition) is 3. The quantitative estimate of drug-likeness (QED) is 0.814. The van der Waals surface area contributed by atoms with Gasteiger partial charge in [0.05, 0.1) is 17.4 Å². The number of nitrogens with zero attached hydrogens (tertiary/aromatic N) is 1. The summed E-state index contributed by atoms with van der Waals surface area (Å²) in [5.41, 5.74) is 1.85. The second kappa shape index (κ2) is 8.99. The van der Waals surface area contributed by atoms with Gasteiger partial charge in [-0.25, -0.2) is 0 Å². The molecule has 5 nitrogen and oxygen atoms in total. The molecule has 0 aliphatic rings. The van der Waals surface area contributed by atoms with E-state index >= 15 is 0 Å². The van der Waals surface area contributed by atoms with Crippen LogP contribution in [-0.2, 0) is 4.79 Å². The van der Waals surface area contributed by atoms with Gasteiger partial charge in [0.1, 0.15) is 0 Å². The Morgan fingerprint density at radius 2 is 1.72 bits per heavy atom. The summed E-state index contributed by atoms with van der Waals surface area (Å²) >= 11 is 0. The lowest BCUT2D eigenvalue weighted by molar-refractivity contribution is -0.118. The lowest BCUT2D eigenvalue weighted by atomic mass is 10.1. The maximum absolute atomic E-state index is 12.5. The summed E-state index contributed by atoms with van der Waals surface area (Å²) in [6.45, 7) is 2.13. The molecule has 1 unspecified atom stereocenters. The first-order chi connectivity index (χ1) is 12.0. The molecular weight excluding hydrogens is 316 g/mol. The standard InChI is InChI=1S/C20H24N2O3/c1-3-19(24)22(2)17-12-8-7-11-16(17)20(25)21-14-13-18(23)15-9-5-4-6-10-15/h4-12,18,23H,3,13-14H2,1-2H3,(H,21,25). The number of carbonyl (C=O) groups is 2. The number of carbonyl (C=O) groups excluding carboxylic acids is 2. The molecule has 0 heterocycles. The summed E-state index contributed by atoms with van der Waals surface area (Å²) in [4.78, 5) is 25.9. The fraction of sp³-hybridized carbons (Fsp3) is 0.300. The lowest BCUT2D eigenvalue weighted by Gasteiger charge is -2.20. The van der Waals surface area contributed by atoms with Gasteiger partial charge in [0, 0.05) is 20.0 Å². The van der Waals surface area contributed by atoms with E-state index in [4.69, 9.17) is 0 Å². The van der Waals surface area contributed by atoms with Gasteiger partial charge in [-0.15, -0.1) is 0 Å². The highest BCUT2D eigenvalue weighted by Gasteiger charge is 2.17. The van der Waals surface area contributed by atoms with Crippen molar-refractivity contribution in [3.63, 3.8) is 0 Å². The molecule has 0 aliphatic carbocycles. The summed E-state index contributed by atoms with van der Waals surface area (Å²) in [7, 11) is 1.66. The normalized spacial score (nSPS) is 11.6. The van der Waals surface area contributed by atoms with Crippen LogP contribution in [0.3, 0.4) is 0 Å². The molecule has 2 rings (SSSR count). The summed E-state index contributed by atoms with van der Waals surface area (Å²) in [5, 5.41) is 13.0. The summed E-state index contributed by atoms with van der Waals surface area (Å²) in [6, 6.07) is 16.3. The number of amides is 2. The molecule has 132 valence electrons. The van der Waals surface area contributed by atoms with E-state index in [1.165, 1.54) is 4.90 Å². The van der Waals surface area contributed by atoms with Crippen LogP contribution in [-0.4, -0.2) is 30.5 Å². The monoisotopic (exact) mass is 340 g/mol. The topological polar surface area (TPSA) is 69.6 Å². The lowest BCUT2D eigenvalue weighted by Crippen LogP contribution is -2.31. The second-order valence-corrected chi connectivity index (χ2v) is 5.79. The van der Waals surface area contributed by atoms with Gasteiger partial charge in [0.2, 0.25) is 5.91 Å². The summed E-state index contributed by atoms with van der Waals surface area (Å²) < 4.78 is 0. The van der Waals surface area contributed by atoms with Crippen LogP contribution in [0.1, 0.15) is 41.8 Å². The highest BCUT2D eigenvalue weighted by atomic mass is 16.3. The fourth-order valence-corrected chi connectivity index (χ4v) is 2.59. The van der Waals surface area contributed by atoms with Gasteiger partial charge < -0.3 is 15.3 Å². The van der Waals surface area contributed by atoms with Crippen LogP contribution < -0.4 is 10.2 Å². The Morgan fingerprint density at radius 1 is 1.08 bits per heavy atom. The van der Waals surface area contributed by atoms with Gasteiger partial charge in [-0.1, -0.05) is 49.4 Å². The van der Waals surface area contributed by atoms with Gasteiger partial charge >= 0.3 is 0 Å². The van der Waals surface area contributed by atoms with Crippen LogP contribution in [0.4, 0.5) is 5.69 Å². The van der Waals surface area contributed by atoms with E-state index < -0.39 is 6.10 Å². The predicted octanol–water partition coefficient (Wildman–Crippen LogP) is 2.91. The highest BCUT2D eigenvalue weighted by Crippen LogP contribution is 2.20. The number of anilines is 1. The number of para-hydroxylation sites is 1. The number of benzene rings is 2. The van der Waals surface area contributed by atoms with Crippen LogP contribution in [0.5, 0.6) is 0 Å². The van der Waals surface area contributed by atoms with Crippen LogP contribution >= 0.6 is 0 Å². The Kier molecular flexibility index (Phi) is 6.71. The first-order valence-electron chi connectivity index (χ1n) is 8.41. The van der Waals surface area contributed by atoms with E-state index in [-0.39, 0.29) is 11.8 Å². The number of hydrogen-bond donors (Lipinski definition) is 2. The molecule has 0 spiro atoms. The number of rotatable bonds is 7. The van der Waals surface area contributed by atoms with E-state index in [0.717, 1.165) is 5.56 Å². The largest absolute Gasteiger partial charge is 0.388 e. The zero-order chi connectivity index (χ0) is 18.2. The van der Waals surface area contributed by atoms with Crippen molar-refractivity contribution < 1.29 is 14.7 Å². The minimum absolute atomic E-state index is 0.0558. The van der Waals surface area contributed by atoms with E-state index in [1.54, 1.807) is 38.2 Å². The maximum atomic E-state index is 12.5. The molecule has 0 saturated carbocycles. The van der Waals surface area contributed by atoms with Crippen LogP contribution in [0, 0.1) is 0 Å². The van der Waals surface area contributed by atoms with E-state index in [2.05, 4.69) is 5.32 Å². The van der Waals surface area contributed by atoms with E-state index in [1.807, 2.05) is 30.3 Å². The average molecular weight is 340 g/mol. The summed E-state index contributed by atoms with van der Waals surface area (Å²) in [6.07, 6.45) is 0.165. The fourth-order valence-electron chi connectivity index (χ4n) is 2.59. The Balaban J connectivity index is 1.98. The molecule has 0 saturated heterocycles. The molecule has 2 aromatic rings. The first-order valence-corrected chi connectivity index (χ1v) is 8.41. The molecule has 2 aromatic carbocycles. The van der Waals surface area contributed by atoms with Gasteiger partial charge in [-0.05, 0) is 24.1 Å². The summed E-state index contributed by atoms with van der Waals surface area (Å²) in [5.74, 6) is -0.314. The molecule has 25 heavy (non-hydrogen) atoms. The molecule has 0 bridgehead atoms. The van der Waals surface area contributed by atoms with Crippen molar-refractivity contribution >= 4 is 17.5 Å². The zero-order valence-corrected chi connectivity index (χ0v) is 14.6. The number of aliphatic hydroxyl groups is 1. The van der Waals surface area contributed by atoms with Crippen molar-refractivity contribution in [3.05, 3.63) is 65.7 Å². The van der Waals surface area contributed by atoms with Crippen molar-refractivity contribution in [2.24, 2.45) is 0 Å². The molecule has 2 amide bonds. The molecule has 5 heteroatoms. The first kappa shape index (κ1) is 18.7. The minimum Gasteiger partial charge on any atom is -0.388 e. The smallest absolute Gasteiger partial charge is 0.253 e. The Bertz CT molecular complexity index is 716. The Hall–Kier alpha value is -2.66. The maximum Gasteiger partial charge on any atom is 0.253 e. The molecular formula is C20H24N2O3. The number of aliphatic hydroxyl groups excluding tert-OH is 1. The molecule has 0 fully saturated rings. The Morgan fingerprint density at radius 3 is 2.40 bits per heavy atom. The van der Waals surface area contributed by atoms with Gasteiger partial charge in [-0.3, -0.25) is 9.59 Å². The van der Waals surface area contributed by atoms with E-state index in [9.17, 15) is 14.7 Å². The van der Waals surface area contributed by atoms with Crippen molar-refractivity contribution in [1.82, 2.24) is 5.32 Å². The highest BCUT2D eigenvalue weighted by molar-refractivity contribution is 6.04. The van der Waals surface area contributed by atoms with E-state index in [0.29, 0.717) is 30.6 Å². The van der Waals surface area contributed by atoms with Gasteiger partial charge in [0.15, 0.2) is 0 Å². The number of nitrogens with one attached hydrogen (secondary N) is 1. The molecule has 0 radical (unpaired) electrons. The zero-order valence-electron chi connectivity index (χ0n) is 14.6. The second-order valence-electron chi connectivity index (χ2n) is 5.79. The molecule has 2 N–H and O–H groups in total. The average Bonchev–Trinajstić information content (AvgIpc) is 2.67. The SMILES string of the molecule is CCC(=O)N(C)c1ccccc1C(=O)NCCC(O)c1ccccc1. The van der Waals surface area contributed by atoms with Crippen LogP contribution in [0.25, 0.3) is 0 Å². The molecule has 1 atom stereocenters. The Labute approximate surface area is 148 Å². The van der Waals surface area contributed by atoms with Crippen molar-refractivity contribution in [2.75, 3.05) is 18.5 Å². The molecule has 0 aliphatic heterocycles. The van der Waals surface area contributed by atoms with Crippen molar-refractivity contribution in [3.8, 4) is 0 Å². The third-order valence-corrected chi connectivity index (χ3v) is 4.07. The van der Waals surface area contributed by atoms with Gasteiger partial charge in [-0.2, -0.15) is 0 Å². The predicted molar refractivity (Wildman–Crippen MR) is 98.5 cm³/mol. The molecule has 0 aromatic heterocycles. The minimum atomic E-state index is -0.624. The van der Waals surface area contributed by atoms with Gasteiger partial charge in [0.25, 0.3) is 5.91 Å². The van der Waals surface area contributed by atoms with Crippen LogP contribution in [0.2, 0.25) is 0 Å². The van der Waals surface area contributed by atoms with Crippen molar-refractivity contribution in [2.45, 2.75) is 25.9 Å². The van der Waals surface area contributed by atoms with Crippen LogP contribution in [0.15, 0.2) is 54.6 Å². The third-order valence-electron chi connectivity index (χ3n) is 4.07. The van der Waals surface area contributed by atoms with Crippen molar-refractivity contribution in [1.29, 1.82) is 0 Å².